The minimum Gasteiger partial charge on any atom is -0.453 e. The highest BCUT2D eigenvalue weighted by Crippen LogP contribution is 2.75. The van der Waals surface area contributed by atoms with Gasteiger partial charge in [-0.05, 0) is 97.2 Å². The number of thiophene rings is 1. The molecule has 4 fully saturated rings. The lowest BCUT2D eigenvalue weighted by Gasteiger charge is -2.61. The fraction of sp³-hybridized carbons (Fsp3) is 0.286. The van der Waals surface area contributed by atoms with E-state index in [1.54, 1.807) is 11.3 Å². The number of anilines is 3. The standard InChI is InChI=1S/C35H22N4O2S/c36-14-19-13-22-29(24(16-38)23(19)15-37)35(20-9-17-8-18(11-20)12-21(35)10-17)30-32-34(42-33(22)30)39-25-4-1-2-5-26(25)40-27-6-3-7-28(41-32)31(27)39/h1-7,13,17-18,20-21H,8-12H2. The van der Waals surface area contributed by atoms with Gasteiger partial charge >= 0.3 is 0 Å². The van der Waals surface area contributed by atoms with Crippen LogP contribution in [0.3, 0.4) is 0 Å². The third kappa shape index (κ3) is 2.43. The van der Waals surface area contributed by atoms with Crippen molar-refractivity contribution in [2.75, 3.05) is 4.90 Å². The second-order valence-electron chi connectivity index (χ2n) is 12.7. The van der Waals surface area contributed by atoms with E-state index in [1.807, 2.05) is 42.5 Å². The van der Waals surface area contributed by atoms with Gasteiger partial charge in [-0.25, -0.2) is 0 Å². The Bertz CT molecular complexity index is 2040. The average Bonchev–Trinajstić information content (AvgIpc) is 3.52. The second kappa shape index (κ2) is 7.54. The first-order valence-electron chi connectivity index (χ1n) is 14.6. The Balaban J connectivity index is 1.33. The van der Waals surface area contributed by atoms with Crippen molar-refractivity contribution in [3.05, 3.63) is 76.3 Å². The van der Waals surface area contributed by atoms with Crippen LogP contribution in [-0.4, -0.2) is 0 Å². The SMILES string of the molecule is N#Cc1cc2c(c(C#N)c1C#N)C1(c3c-2sc2c3Oc3cccc4c3N2c2ccccc2O4)C2CC3CC(C2)CC1C3. The lowest BCUT2D eigenvalue weighted by atomic mass is 9.42. The monoisotopic (exact) mass is 562 g/mol. The molecule has 7 heteroatoms. The van der Waals surface area contributed by atoms with Crippen LogP contribution in [0.5, 0.6) is 23.0 Å². The number of nitriles is 3. The predicted molar refractivity (Wildman–Crippen MR) is 157 cm³/mol. The van der Waals surface area contributed by atoms with Crippen molar-refractivity contribution in [3.8, 4) is 51.6 Å². The molecule has 4 saturated carbocycles. The van der Waals surface area contributed by atoms with Gasteiger partial charge in [0.2, 0.25) is 0 Å². The Morgan fingerprint density at radius 1 is 0.762 bits per heavy atom. The van der Waals surface area contributed by atoms with Gasteiger partial charge in [0.15, 0.2) is 23.0 Å². The molecule has 42 heavy (non-hydrogen) atoms. The molecular weight excluding hydrogens is 540 g/mol. The number of rotatable bonds is 0. The molecule has 0 unspecified atom stereocenters. The Hall–Kier alpha value is -4.77. The normalized spacial score (nSPS) is 27.4. The molecule has 200 valence electrons. The largest absolute Gasteiger partial charge is 0.453 e. The molecule has 7 aliphatic rings. The molecule has 5 aliphatic carbocycles. The summed E-state index contributed by atoms with van der Waals surface area (Å²) in [6.07, 6.45) is 5.83. The van der Waals surface area contributed by atoms with Gasteiger partial charge in [0.05, 0.1) is 22.4 Å². The molecule has 11 rings (SSSR count). The van der Waals surface area contributed by atoms with E-state index in [2.05, 4.69) is 29.2 Å². The second-order valence-corrected chi connectivity index (χ2v) is 13.7. The van der Waals surface area contributed by atoms with Crippen LogP contribution in [-0.2, 0) is 5.41 Å². The van der Waals surface area contributed by atoms with Crippen LogP contribution in [0.25, 0.3) is 10.4 Å². The smallest absolute Gasteiger partial charge is 0.167 e. The molecule has 0 amide bonds. The number of hydrogen-bond acceptors (Lipinski definition) is 7. The molecule has 6 nitrogen and oxygen atoms in total. The summed E-state index contributed by atoms with van der Waals surface area (Å²) in [5.74, 6) is 5.34. The van der Waals surface area contributed by atoms with Crippen molar-refractivity contribution in [3.63, 3.8) is 0 Å². The van der Waals surface area contributed by atoms with Gasteiger partial charge in [-0.1, -0.05) is 18.2 Å². The number of ether oxygens (including phenoxy) is 2. The number of benzene rings is 3. The first kappa shape index (κ1) is 22.9. The van der Waals surface area contributed by atoms with Crippen LogP contribution in [0.4, 0.5) is 16.4 Å². The fourth-order valence-electron chi connectivity index (χ4n) is 9.86. The van der Waals surface area contributed by atoms with Crippen LogP contribution in [0.15, 0.2) is 48.5 Å². The van der Waals surface area contributed by atoms with Gasteiger partial charge in [-0.2, -0.15) is 15.8 Å². The topological polar surface area (TPSA) is 93.1 Å². The molecule has 1 aromatic heterocycles. The van der Waals surface area contributed by atoms with Gasteiger partial charge < -0.3 is 9.47 Å². The minimum atomic E-state index is -0.409. The summed E-state index contributed by atoms with van der Waals surface area (Å²) in [6, 6.07) is 22.9. The van der Waals surface area contributed by atoms with Crippen LogP contribution in [0.1, 0.15) is 59.9 Å². The zero-order valence-corrected chi connectivity index (χ0v) is 23.3. The lowest BCUT2D eigenvalue weighted by molar-refractivity contribution is -0.0405. The van der Waals surface area contributed by atoms with Gasteiger partial charge in [0, 0.05) is 15.9 Å². The highest BCUT2D eigenvalue weighted by atomic mass is 32.1. The van der Waals surface area contributed by atoms with Gasteiger partial charge in [-0.15, -0.1) is 11.3 Å². The Kier molecular flexibility index (Phi) is 4.10. The van der Waals surface area contributed by atoms with Crippen LogP contribution >= 0.6 is 11.3 Å². The van der Waals surface area contributed by atoms with E-state index in [4.69, 9.17) is 9.47 Å². The van der Waals surface area contributed by atoms with Crippen molar-refractivity contribution < 1.29 is 9.47 Å². The summed E-state index contributed by atoms with van der Waals surface area (Å²) in [5.41, 5.74) is 5.46. The maximum Gasteiger partial charge on any atom is 0.167 e. The minimum absolute atomic E-state index is 0.217. The number of fused-ring (bicyclic) bond motifs is 8. The summed E-state index contributed by atoms with van der Waals surface area (Å²) in [4.78, 5) is 3.37. The third-order valence-corrected chi connectivity index (χ3v) is 12.1. The molecule has 3 aromatic carbocycles. The van der Waals surface area contributed by atoms with E-state index >= 15 is 0 Å². The van der Waals surface area contributed by atoms with Crippen LogP contribution in [0.2, 0.25) is 0 Å². The summed E-state index contributed by atoms with van der Waals surface area (Å²) < 4.78 is 13.3. The van der Waals surface area contributed by atoms with E-state index in [9.17, 15) is 15.8 Å². The molecule has 1 spiro atoms. The first-order valence-corrected chi connectivity index (χ1v) is 15.4. The van der Waals surface area contributed by atoms with Gasteiger partial charge in [0.1, 0.15) is 28.9 Å². The van der Waals surface area contributed by atoms with Crippen LogP contribution < -0.4 is 14.4 Å². The molecule has 3 heterocycles. The maximum absolute atomic E-state index is 10.6. The number of nitrogens with zero attached hydrogens (tertiary/aromatic N) is 4. The zero-order valence-electron chi connectivity index (χ0n) is 22.5. The van der Waals surface area contributed by atoms with E-state index in [0.717, 1.165) is 92.9 Å². The molecule has 0 radical (unpaired) electrons. The first-order chi connectivity index (χ1) is 20.6. The Morgan fingerprint density at radius 3 is 2.17 bits per heavy atom. The summed E-state index contributed by atoms with van der Waals surface area (Å²) in [5, 5.41) is 31.9. The van der Waals surface area contributed by atoms with E-state index in [0.29, 0.717) is 17.4 Å². The molecule has 0 N–H and O–H groups in total. The average molecular weight is 563 g/mol. The third-order valence-electron chi connectivity index (χ3n) is 10.9. The highest BCUT2D eigenvalue weighted by Gasteiger charge is 2.65. The molecule has 4 aromatic rings. The van der Waals surface area contributed by atoms with Gasteiger partial charge in [-0.3, -0.25) is 4.90 Å². The lowest BCUT2D eigenvalue weighted by Crippen LogP contribution is -2.55. The highest BCUT2D eigenvalue weighted by molar-refractivity contribution is 7.20. The number of para-hydroxylation sites is 3. The van der Waals surface area contributed by atoms with Gasteiger partial charge in [0.25, 0.3) is 0 Å². The quantitative estimate of drug-likeness (QED) is 0.184. The summed E-state index contributed by atoms with van der Waals surface area (Å²) in [7, 11) is 0. The maximum atomic E-state index is 10.6. The van der Waals surface area contributed by atoms with Crippen molar-refractivity contribution in [1.29, 1.82) is 15.8 Å². The molecule has 4 bridgehead atoms. The molecule has 0 saturated heterocycles. The molecule has 2 aliphatic heterocycles. The van der Waals surface area contributed by atoms with Crippen molar-refractivity contribution >= 4 is 27.7 Å². The van der Waals surface area contributed by atoms with E-state index < -0.39 is 5.41 Å². The van der Waals surface area contributed by atoms with Crippen molar-refractivity contribution in [2.45, 2.75) is 37.5 Å². The summed E-state index contributed by atoms with van der Waals surface area (Å²) in [6.45, 7) is 0. The Morgan fingerprint density at radius 2 is 1.45 bits per heavy atom. The summed E-state index contributed by atoms with van der Waals surface area (Å²) >= 11 is 1.68. The van der Waals surface area contributed by atoms with E-state index in [1.165, 1.54) is 12.0 Å². The zero-order chi connectivity index (χ0) is 27.9. The van der Waals surface area contributed by atoms with Crippen LogP contribution in [0, 0.1) is 57.7 Å². The van der Waals surface area contributed by atoms with Crippen molar-refractivity contribution in [2.24, 2.45) is 23.7 Å². The molecule has 0 atom stereocenters. The fourth-order valence-corrected chi connectivity index (χ4v) is 11.2. The van der Waals surface area contributed by atoms with Crippen molar-refractivity contribution in [1.82, 2.24) is 0 Å². The molecular formula is C35H22N4O2S. The predicted octanol–water partition coefficient (Wildman–Crippen LogP) is 8.77. The Labute approximate surface area is 246 Å². The number of hydrogen-bond donors (Lipinski definition) is 0. The van der Waals surface area contributed by atoms with E-state index in [-0.39, 0.29) is 11.1 Å².